The second kappa shape index (κ2) is 7.51. The van der Waals surface area contributed by atoms with Gasteiger partial charge < -0.3 is 8.85 Å². The summed E-state index contributed by atoms with van der Waals surface area (Å²) < 4.78 is 11.7. The van der Waals surface area contributed by atoms with Gasteiger partial charge >= 0.3 is 8.56 Å². The third kappa shape index (κ3) is 4.76. The molecule has 100 valence electrons. The van der Waals surface area contributed by atoms with Crippen molar-refractivity contribution in [3.63, 3.8) is 0 Å². The molecule has 0 aliphatic carbocycles. The topological polar surface area (TPSA) is 18.5 Å². The fourth-order valence-corrected chi connectivity index (χ4v) is 3.45. The Balaban J connectivity index is 2.47. The minimum absolute atomic E-state index is 0.733. The Morgan fingerprint density at radius 2 is 2.06 bits per heavy atom. The second-order valence-electron chi connectivity index (χ2n) is 4.47. The maximum atomic E-state index is 5.99. The van der Waals surface area contributed by atoms with E-state index >= 15 is 0 Å². The first-order valence-corrected chi connectivity index (χ1v) is 9.15. The molecule has 0 N–H and O–H groups in total. The maximum Gasteiger partial charge on any atom is 0.334 e. The van der Waals surface area contributed by atoms with Crippen LogP contribution in [0.25, 0.3) is 6.08 Å². The van der Waals surface area contributed by atoms with E-state index in [1.807, 2.05) is 13.0 Å². The molecule has 3 heteroatoms. The van der Waals surface area contributed by atoms with Crippen molar-refractivity contribution in [1.29, 1.82) is 0 Å². The number of rotatable bonds is 8. The third-order valence-corrected chi connectivity index (χ3v) is 6.08. The van der Waals surface area contributed by atoms with Gasteiger partial charge in [0.25, 0.3) is 0 Å². The minimum atomic E-state index is -1.92. The first-order chi connectivity index (χ1) is 8.63. The Labute approximate surface area is 112 Å². The highest BCUT2D eigenvalue weighted by atomic mass is 28.4. The largest absolute Gasteiger partial charge is 0.395 e. The lowest BCUT2D eigenvalue weighted by atomic mass is 10.1. The summed E-state index contributed by atoms with van der Waals surface area (Å²) in [5, 5.41) is 0. The van der Waals surface area contributed by atoms with Crippen LogP contribution in [0.3, 0.4) is 0 Å². The molecule has 1 aromatic rings. The Bertz CT molecular complexity index is 379. The lowest BCUT2D eigenvalue weighted by Crippen LogP contribution is -2.38. The first-order valence-electron chi connectivity index (χ1n) is 6.63. The van der Waals surface area contributed by atoms with E-state index in [0.717, 1.165) is 31.2 Å². The predicted molar refractivity (Wildman–Crippen MR) is 79.9 cm³/mol. The lowest BCUT2D eigenvalue weighted by molar-refractivity contribution is 0.183. The van der Waals surface area contributed by atoms with Gasteiger partial charge in [-0.2, -0.15) is 0 Å². The zero-order valence-corrected chi connectivity index (χ0v) is 12.7. The van der Waals surface area contributed by atoms with Crippen molar-refractivity contribution in [1.82, 2.24) is 0 Å². The molecule has 0 radical (unpaired) electrons. The summed E-state index contributed by atoms with van der Waals surface area (Å²) >= 11 is 0. The van der Waals surface area contributed by atoms with Crippen LogP contribution in [0, 0.1) is 0 Å². The van der Waals surface area contributed by atoms with Crippen LogP contribution >= 0.6 is 0 Å². The summed E-state index contributed by atoms with van der Waals surface area (Å²) in [7, 11) is -1.92. The molecule has 0 saturated carbocycles. The van der Waals surface area contributed by atoms with E-state index < -0.39 is 8.56 Å². The van der Waals surface area contributed by atoms with Crippen molar-refractivity contribution in [3.8, 4) is 0 Å². The van der Waals surface area contributed by atoms with Crippen LogP contribution < -0.4 is 0 Å². The van der Waals surface area contributed by atoms with Crippen molar-refractivity contribution < 1.29 is 8.85 Å². The zero-order valence-electron chi connectivity index (χ0n) is 11.7. The van der Waals surface area contributed by atoms with Crippen molar-refractivity contribution >= 4 is 14.6 Å². The standard InChI is InChI=1S/C15H24O2Si/c1-5-14-9-8-10-15(13-14)11-12-17-18(4,7-3)16-6-2/h5,8-10,13H,1,6-7,11-12H2,2-4H3. The summed E-state index contributed by atoms with van der Waals surface area (Å²) in [6.45, 7) is 11.6. The average Bonchev–Trinajstić information content (AvgIpc) is 2.39. The average molecular weight is 264 g/mol. The van der Waals surface area contributed by atoms with Crippen LogP contribution in [-0.2, 0) is 15.3 Å². The van der Waals surface area contributed by atoms with Crippen molar-refractivity contribution in [2.75, 3.05) is 13.2 Å². The molecule has 1 unspecified atom stereocenters. The van der Waals surface area contributed by atoms with Gasteiger partial charge in [-0.25, -0.2) is 0 Å². The fraction of sp³-hybridized carbons (Fsp3) is 0.467. The monoisotopic (exact) mass is 264 g/mol. The molecule has 0 amide bonds. The normalized spacial score (nSPS) is 14.2. The van der Waals surface area contributed by atoms with Gasteiger partial charge in [-0.15, -0.1) is 0 Å². The Morgan fingerprint density at radius 3 is 2.67 bits per heavy atom. The summed E-state index contributed by atoms with van der Waals surface area (Å²) in [6.07, 6.45) is 2.80. The van der Waals surface area contributed by atoms with Crippen LogP contribution in [0.5, 0.6) is 0 Å². The molecule has 0 aliphatic rings. The molecule has 1 rings (SSSR count). The van der Waals surface area contributed by atoms with Gasteiger partial charge in [-0.05, 0) is 37.1 Å². The first kappa shape index (κ1) is 15.2. The van der Waals surface area contributed by atoms with Crippen LogP contribution in [0.15, 0.2) is 30.8 Å². The summed E-state index contributed by atoms with van der Waals surface area (Å²) in [4.78, 5) is 0. The quantitative estimate of drug-likeness (QED) is 0.660. The van der Waals surface area contributed by atoms with Gasteiger partial charge in [-0.1, -0.05) is 43.8 Å². The van der Waals surface area contributed by atoms with E-state index in [9.17, 15) is 0 Å². The molecule has 0 fully saturated rings. The maximum absolute atomic E-state index is 5.99. The molecule has 1 atom stereocenters. The third-order valence-electron chi connectivity index (χ3n) is 3.08. The molecule has 0 spiro atoms. The molecule has 2 nitrogen and oxygen atoms in total. The minimum Gasteiger partial charge on any atom is -0.395 e. The van der Waals surface area contributed by atoms with Crippen LogP contribution in [0.2, 0.25) is 12.6 Å². The highest BCUT2D eigenvalue weighted by Gasteiger charge is 2.28. The molecular formula is C15H24O2Si. The summed E-state index contributed by atoms with van der Waals surface area (Å²) in [6, 6.07) is 9.39. The van der Waals surface area contributed by atoms with E-state index in [4.69, 9.17) is 8.85 Å². The van der Waals surface area contributed by atoms with Crippen molar-refractivity contribution in [2.45, 2.75) is 32.9 Å². The Morgan fingerprint density at radius 1 is 1.28 bits per heavy atom. The smallest absolute Gasteiger partial charge is 0.334 e. The predicted octanol–water partition coefficient (Wildman–Crippen LogP) is 4.02. The van der Waals surface area contributed by atoms with Crippen molar-refractivity contribution in [3.05, 3.63) is 42.0 Å². The molecule has 0 aromatic heterocycles. The molecule has 0 bridgehead atoms. The van der Waals surface area contributed by atoms with Crippen LogP contribution in [0.1, 0.15) is 25.0 Å². The molecule has 1 aromatic carbocycles. The number of benzene rings is 1. The van der Waals surface area contributed by atoms with E-state index in [1.165, 1.54) is 5.56 Å². The SMILES string of the molecule is C=Cc1cccc(CCO[Si](C)(CC)OCC)c1. The highest BCUT2D eigenvalue weighted by molar-refractivity contribution is 6.65. The van der Waals surface area contributed by atoms with Gasteiger partial charge in [0.1, 0.15) is 0 Å². The van der Waals surface area contributed by atoms with Gasteiger partial charge in [0.15, 0.2) is 0 Å². The highest BCUT2D eigenvalue weighted by Crippen LogP contribution is 2.14. The summed E-state index contributed by atoms with van der Waals surface area (Å²) in [5.41, 5.74) is 2.45. The fourth-order valence-electron chi connectivity index (χ4n) is 1.81. The molecule has 0 heterocycles. The van der Waals surface area contributed by atoms with E-state index in [-0.39, 0.29) is 0 Å². The van der Waals surface area contributed by atoms with Gasteiger partial charge in [0.05, 0.1) is 0 Å². The molecule has 0 aliphatic heterocycles. The molecule has 18 heavy (non-hydrogen) atoms. The molecular weight excluding hydrogens is 240 g/mol. The summed E-state index contributed by atoms with van der Waals surface area (Å²) in [5.74, 6) is 0. The van der Waals surface area contributed by atoms with Crippen molar-refractivity contribution in [2.24, 2.45) is 0 Å². The Kier molecular flexibility index (Phi) is 6.33. The van der Waals surface area contributed by atoms with Gasteiger partial charge in [-0.3, -0.25) is 0 Å². The van der Waals surface area contributed by atoms with E-state index in [2.05, 4.69) is 44.3 Å². The number of hydrogen-bond acceptors (Lipinski definition) is 2. The van der Waals surface area contributed by atoms with Gasteiger partial charge in [0, 0.05) is 13.2 Å². The number of hydrogen-bond donors (Lipinski definition) is 0. The van der Waals surface area contributed by atoms with E-state index in [1.54, 1.807) is 0 Å². The molecule has 0 saturated heterocycles. The van der Waals surface area contributed by atoms with E-state index in [0.29, 0.717) is 0 Å². The van der Waals surface area contributed by atoms with Crippen LogP contribution in [0.4, 0.5) is 0 Å². The second-order valence-corrected chi connectivity index (χ2v) is 8.02. The zero-order chi connectivity index (χ0) is 13.4. The Hall–Kier alpha value is -0.903. The van der Waals surface area contributed by atoms with Gasteiger partial charge in [0.2, 0.25) is 0 Å². The van der Waals surface area contributed by atoms with Crippen LogP contribution in [-0.4, -0.2) is 21.8 Å². The lowest BCUT2D eigenvalue weighted by Gasteiger charge is -2.25.